The molecule has 3 aromatic rings. The highest BCUT2D eigenvalue weighted by molar-refractivity contribution is 7.09. The maximum Gasteiger partial charge on any atom is 0.271 e. The normalized spacial score (nSPS) is 21.1. The van der Waals surface area contributed by atoms with Crippen molar-refractivity contribution in [2.45, 2.75) is 50.0 Å². The number of fused-ring (bicyclic) bond motifs is 2. The van der Waals surface area contributed by atoms with E-state index in [4.69, 9.17) is 4.98 Å². The van der Waals surface area contributed by atoms with E-state index < -0.39 is 0 Å². The molecule has 2 atom stereocenters. The number of aromatic nitrogens is 1. The first kappa shape index (κ1) is 22.2. The van der Waals surface area contributed by atoms with Gasteiger partial charge in [0.2, 0.25) is 5.91 Å². The van der Waals surface area contributed by atoms with Gasteiger partial charge in [-0.2, -0.15) is 0 Å². The Kier molecular flexibility index (Phi) is 5.94. The van der Waals surface area contributed by atoms with Crippen LogP contribution in [-0.2, 0) is 11.2 Å². The zero-order chi connectivity index (χ0) is 23.8. The number of thiazole rings is 1. The summed E-state index contributed by atoms with van der Waals surface area (Å²) in [6, 6.07) is 16.4. The number of piperidine rings is 1. The summed E-state index contributed by atoms with van der Waals surface area (Å²) in [6.45, 7) is 1.46. The fourth-order valence-corrected chi connectivity index (χ4v) is 6.51. The molecule has 2 amide bonds. The molecule has 1 saturated heterocycles. The molecular weight excluding hydrogens is 456 g/mol. The lowest BCUT2D eigenvalue weighted by Crippen LogP contribution is -2.38. The van der Waals surface area contributed by atoms with Crippen molar-refractivity contribution in [2.24, 2.45) is 4.99 Å². The number of aryl methyl sites for hydroxylation is 1. The molecule has 1 aliphatic carbocycles. The van der Waals surface area contributed by atoms with Crippen LogP contribution in [0.2, 0.25) is 0 Å². The van der Waals surface area contributed by atoms with Crippen molar-refractivity contribution < 1.29 is 9.59 Å². The highest BCUT2D eigenvalue weighted by Gasteiger charge is 2.30. The third kappa shape index (κ3) is 4.41. The number of likely N-dealkylation sites (tertiary alicyclic amines) is 1. The van der Waals surface area contributed by atoms with Crippen LogP contribution in [-0.4, -0.2) is 41.0 Å². The van der Waals surface area contributed by atoms with Gasteiger partial charge in [-0.3, -0.25) is 14.6 Å². The molecule has 7 heteroatoms. The number of amides is 2. The van der Waals surface area contributed by atoms with Crippen molar-refractivity contribution in [3.05, 3.63) is 81.3 Å². The Bertz CT molecular complexity index is 1290. The Balaban J connectivity index is 1.03. The van der Waals surface area contributed by atoms with Crippen LogP contribution in [0.3, 0.4) is 0 Å². The minimum absolute atomic E-state index is 0.0648. The number of carbonyl (C=O) groups excluding carboxylic acids is 2. The highest BCUT2D eigenvalue weighted by Crippen LogP contribution is 2.36. The monoisotopic (exact) mass is 484 g/mol. The van der Waals surface area contributed by atoms with Crippen LogP contribution in [0.15, 0.2) is 58.9 Å². The minimum atomic E-state index is -0.0969. The number of benzene rings is 2. The fourth-order valence-electron chi connectivity index (χ4n) is 5.54. The van der Waals surface area contributed by atoms with Crippen LogP contribution in [0.4, 0.5) is 5.69 Å². The molecule has 35 heavy (non-hydrogen) atoms. The van der Waals surface area contributed by atoms with Crippen LogP contribution >= 0.6 is 11.3 Å². The lowest BCUT2D eigenvalue weighted by atomic mass is 9.94. The van der Waals surface area contributed by atoms with Gasteiger partial charge in [0.1, 0.15) is 5.69 Å². The Hall–Kier alpha value is -3.32. The molecule has 2 aliphatic heterocycles. The average molecular weight is 485 g/mol. The van der Waals surface area contributed by atoms with Gasteiger partial charge in [0.25, 0.3) is 5.91 Å². The van der Waals surface area contributed by atoms with Gasteiger partial charge in [-0.1, -0.05) is 42.5 Å². The second kappa shape index (κ2) is 9.38. The number of aliphatic imine (C=N–C) groups is 1. The van der Waals surface area contributed by atoms with E-state index in [0.29, 0.717) is 18.0 Å². The first-order chi connectivity index (χ1) is 17.2. The largest absolute Gasteiger partial charge is 0.344 e. The first-order valence-corrected chi connectivity index (χ1v) is 13.3. The number of hydrogen-bond acceptors (Lipinski definition) is 5. The zero-order valence-electron chi connectivity index (χ0n) is 19.5. The Labute approximate surface area is 209 Å². The van der Waals surface area contributed by atoms with Crippen LogP contribution in [0.1, 0.15) is 75.7 Å². The van der Waals surface area contributed by atoms with E-state index in [1.807, 2.05) is 40.8 Å². The Morgan fingerprint density at radius 3 is 2.63 bits per heavy atom. The van der Waals surface area contributed by atoms with Gasteiger partial charge in [0, 0.05) is 42.9 Å². The maximum absolute atomic E-state index is 13.0. The molecule has 6 rings (SSSR count). The molecule has 1 aromatic heterocycles. The molecule has 2 unspecified atom stereocenters. The van der Waals surface area contributed by atoms with Gasteiger partial charge in [-0.25, -0.2) is 4.98 Å². The van der Waals surface area contributed by atoms with E-state index in [2.05, 4.69) is 34.6 Å². The van der Waals surface area contributed by atoms with E-state index >= 15 is 0 Å². The van der Waals surface area contributed by atoms with E-state index in [0.717, 1.165) is 55.0 Å². The summed E-state index contributed by atoms with van der Waals surface area (Å²) in [5, 5.41) is 6.05. The van der Waals surface area contributed by atoms with Gasteiger partial charge in [-0.15, -0.1) is 11.3 Å². The molecular formula is C28H28N4O2S. The molecule has 2 aromatic carbocycles. The smallest absolute Gasteiger partial charge is 0.271 e. The van der Waals surface area contributed by atoms with Crippen molar-refractivity contribution in [1.29, 1.82) is 0 Å². The molecule has 1 fully saturated rings. The number of carbonyl (C=O) groups is 2. The average Bonchev–Trinajstić information content (AvgIpc) is 3.64. The summed E-state index contributed by atoms with van der Waals surface area (Å²) in [4.78, 5) is 36.9. The molecule has 0 bridgehead atoms. The van der Waals surface area contributed by atoms with Crippen molar-refractivity contribution in [3.63, 3.8) is 0 Å². The van der Waals surface area contributed by atoms with Crippen molar-refractivity contribution in [2.75, 3.05) is 13.1 Å². The molecule has 3 heterocycles. The molecule has 3 aliphatic rings. The van der Waals surface area contributed by atoms with E-state index in [1.165, 1.54) is 11.1 Å². The van der Waals surface area contributed by atoms with Gasteiger partial charge in [0.05, 0.1) is 16.7 Å². The van der Waals surface area contributed by atoms with Crippen LogP contribution in [0, 0.1) is 0 Å². The lowest BCUT2D eigenvalue weighted by Gasteiger charge is -2.31. The van der Waals surface area contributed by atoms with E-state index in [9.17, 15) is 9.59 Å². The fraction of sp³-hybridized carbons (Fsp3) is 0.357. The molecule has 0 saturated carbocycles. The van der Waals surface area contributed by atoms with Gasteiger partial charge in [-0.05, 0) is 48.4 Å². The molecule has 0 spiro atoms. The lowest BCUT2D eigenvalue weighted by molar-refractivity contribution is -0.132. The standard InChI is InChI=1S/C28H28N4O2S/c33-26(15-20-16-29-23-8-4-3-7-22(20)23)32-13-11-19(12-14-32)28-31-25(17-35-28)27(34)30-24-10-9-18-5-1-2-6-21(18)24/h1-8,16-17,19-20,24H,9-15H2,(H,30,34). The van der Waals surface area contributed by atoms with E-state index in [1.54, 1.807) is 11.3 Å². The summed E-state index contributed by atoms with van der Waals surface area (Å²) in [7, 11) is 0. The van der Waals surface area contributed by atoms with Crippen molar-refractivity contribution in [3.8, 4) is 0 Å². The quantitative estimate of drug-likeness (QED) is 0.544. The number of para-hydroxylation sites is 1. The van der Waals surface area contributed by atoms with E-state index in [-0.39, 0.29) is 23.8 Å². The third-order valence-electron chi connectivity index (χ3n) is 7.51. The first-order valence-electron chi connectivity index (χ1n) is 12.4. The summed E-state index contributed by atoms with van der Waals surface area (Å²) in [5.74, 6) is 0.461. The predicted octanol–water partition coefficient (Wildman–Crippen LogP) is 5.16. The van der Waals surface area contributed by atoms with Gasteiger partial charge in [0.15, 0.2) is 0 Å². The number of nitrogens with one attached hydrogen (secondary N) is 1. The Morgan fingerprint density at radius 1 is 1.00 bits per heavy atom. The summed E-state index contributed by atoms with van der Waals surface area (Å²) < 4.78 is 0. The van der Waals surface area contributed by atoms with Crippen molar-refractivity contribution in [1.82, 2.24) is 15.2 Å². The number of hydrogen-bond donors (Lipinski definition) is 1. The summed E-state index contributed by atoms with van der Waals surface area (Å²) in [5.41, 5.74) is 5.17. The van der Waals surface area contributed by atoms with Crippen LogP contribution in [0.25, 0.3) is 0 Å². The predicted molar refractivity (Wildman–Crippen MR) is 138 cm³/mol. The molecule has 178 valence electrons. The molecule has 6 nitrogen and oxygen atoms in total. The summed E-state index contributed by atoms with van der Waals surface area (Å²) >= 11 is 1.56. The third-order valence-corrected chi connectivity index (χ3v) is 8.52. The second-order valence-corrected chi connectivity index (χ2v) is 10.5. The van der Waals surface area contributed by atoms with Crippen LogP contribution in [0.5, 0.6) is 0 Å². The maximum atomic E-state index is 13.0. The molecule has 1 N–H and O–H groups in total. The number of rotatable bonds is 5. The SMILES string of the molecule is O=C(NC1CCc2ccccc21)c1csc(C2CCN(C(=O)CC3C=Nc4ccccc43)CC2)n1. The van der Waals surface area contributed by atoms with Crippen molar-refractivity contribution >= 4 is 35.1 Å². The van der Waals surface area contributed by atoms with Gasteiger partial charge < -0.3 is 10.2 Å². The highest BCUT2D eigenvalue weighted by atomic mass is 32.1. The van der Waals surface area contributed by atoms with Gasteiger partial charge >= 0.3 is 0 Å². The molecule has 0 radical (unpaired) electrons. The second-order valence-electron chi connectivity index (χ2n) is 9.64. The topological polar surface area (TPSA) is 74.7 Å². The Morgan fingerprint density at radius 2 is 1.77 bits per heavy atom. The minimum Gasteiger partial charge on any atom is -0.344 e. The summed E-state index contributed by atoms with van der Waals surface area (Å²) in [6.07, 6.45) is 6.07. The number of nitrogens with zero attached hydrogens (tertiary/aromatic N) is 3. The zero-order valence-corrected chi connectivity index (χ0v) is 20.3. The van der Waals surface area contributed by atoms with Crippen LogP contribution < -0.4 is 5.32 Å².